The van der Waals surface area contributed by atoms with E-state index in [4.69, 9.17) is 24.7 Å². The molecule has 3 N–H and O–H groups in total. The topological polar surface area (TPSA) is 134 Å². The summed E-state index contributed by atoms with van der Waals surface area (Å²) in [6, 6.07) is 3.44. The lowest BCUT2D eigenvalue weighted by Gasteiger charge is -2.20. The van der Waals surface area contributed by atoms with Crippen LogP contribution in [0.3, 0.4) is 0 Å². The SMILES string of the molecule is COc1ccc(C(COC(N)=O)c2nn[nH]n2)c(OC)c1OC. The molecule has 1 amide bonds. The summed E-state index contributed by atoms with van der Waals surface area (Å²) in [5, 5.41) is 13.8. The number of methoxy groups -OCH3 is 3. The van der Waals surface area contributed by atoms with Gasteiger partial charge in [-0.2, -0.15) is 5.21 Å². The molecule has 10 nitrogen and oxygen atoms in total. The number of H-pyrrole nitrogens is 1. The van der Waals surface area contributed by atoms with E-state index in [1.54, 1.807) is 12.1 Å². The highest BCUT2D eigenvalue weighted by molar-refractivity contribution is 5.65. The lowest BCUT2D eigenvalue weighted by atomic mass is 9.97. The van der Waals surface area contributed by atoms with Gasteiger partial charge in [0.2, 0.25) is 5.75 Å². The molecule has 1 unspecified atom stereocenters. The third-order valence-electron chi connectivity index (χ3n) is 3.18. The number of nitrogens with zero attached hydrogens (tertiary/aromatic N) is 3. The highest BCUT2D eigenvalue weighted by Gasteiger charge is 2.27. The first kappa shape index (κ1) is 16.3. The minimum atomic E-state index is -0.905. The minimum absolute atomic E-state index is 0.0826. The number of primary amides is 1. The molecule has 0 spiro atoms. The fourth-order valence-electron chi connectivity index (χ4n) is 2.18. The van der Waals surface area contributed by atoms with Gasteiger partial charge in [0.15, 0.2) is 17.3 Å². The molecule has 0 radical (unpaired) electrons. The standard InChI is InChI=1S/C13H17N5O5/c1-20-9-5-4-7(10(21-2)11(9)22-3)8(6-23-13(14)19)12-15-17-18-16-12/h4-5,8H,6H2,1-3H3,(H2,14,19)(H,15,16,17,18). The first-order valence-electron chi connectivity index (χ1n) is 6.56. The zero-order valence-corrected chi connectivity index (χ0v) is 12.9. The summed E-state index contributed by atoms with van der Waals surface area (Å²) in [5.41, 5.74) is 5.68. The third kappa shape index (κ3) is 3.42. The first-order valence-corrected chi connectivity index (χ1v) is 6.56. The first-order chi connectivity index (χ1) is 11.1. The molecular formula is C13H17N5O5. The van der Waals surface area contributed by atoms with Crippen LogP contribution in [0, 0.1) is 0 Å². The van der Waals surface area contributed by atoms with Crippen molar-refractivity contribution in [2.24, 2.45) is 5.73 Å². The molecular weight excluding hydrogens is 306 g/mol. The monoisotopic (exact) mass is 323 g/mol. The largest absolute Gasteiger partial charge is 0.493 e. The lowest BCUT2D eigenvalue weighted by molar-refractivity contribution is 0.151. The predicted octanol–water partition coefficient (Wildman–Crippen LogP) is 0.453. The Morgan fingerprint density at radius 3 is 2.48 bits per heavy atom. The number of carbonyl (C=O) groups excluding carboxylic acids is 1. The number of amides is 1. The second kappa shape index (κ2) is 7.29. The molecule has 124 valence electrons. The van der Waals surface area contributed by atoms with Gasteiger partial charge in [-0.05, 0) is 6.07 Å². The Labute approximate surface area is 131 Å². The molecule has 0 aliphatic heterocycles. The fourth-order valence-corrected chi connectivity index (χ4v) is 2.18. The van der Waals surface area contributed by atoms with Crippen LogP contribution < -0.4 is 19.9 Å². The number of carbonyl (C=O) groups is 1. The van der Waals surface area contributed by atoms with Gasteiger partial charge in [-0.15, -0.1) is 10.2 Å². The molecule has 1 atom stereocenters. The van der Waals surface area contributed by atoms with Crippen molar-refractivity contribution in [3.8, 4) is 17.2 Å². The number of ether oxygens (including phenoxy) is 4. The number of aromatic amines is 1. The van der Waals surface area contributed by atoms with Crippen molar-refractivity contribution in [3.05, 3.63) is 23.5 Å². The molecule has 0 aliphatic carbocycles. The van der Waals surface area contributed by atoms with E-state index in [9.17, 15) is 4.79 Å². The summed E-state index contributed by atoms with van der Waals surface area (Å²) in [5.74, 6) is 1.08. The fraction of sp³-hybridized carbons (Fsp3) is 0.385. The number of hydrogen-bond donors (Lipinski definition) is 2. The normalized spacial score (nSPS) is 11.6. The smallest absolute Gasteiger partial charge is 0.404 e. The summed E-state index contributed by atoms with van der Waals surface area (Å²) in [4.78, 5) is 10.9. The van der Waals surface area contributed by atoms with Crippen LogP contribution in [0.4, 0.5) is 4.79 Å². The van der Waals surface area contributed by atoms with Crippen LogP contribution in [0.5, 0.6) is 17.2 Å². The molecule has 1 aromatic heterocycles. The van der Waals surface area contributed by atoms with Crippen LogP contribution in [0.2, 0.25) is 0 Å². The highest BCUT2D eigenvalue weighted by Crippen LogP contribution is 2.43. The molecule has 10 heteroatoms. The van der Waals surface area contributed by atoms with Crippen LogP contribution in [0.15, 0.2) is 12.1 Å². The van der Waals surface area contributed by atoms with Crippen molar-refractivity contribution >= 4 is 6.09 Å². The van der Waals surface area contributed by atoms with Gasteiger partial charge >= 0.3 is 6.09 Å². The van der Waals surface area contributed by atoms with Gasteiger partial charge in [0.05, 0.1) is 27.2 Å². The third-order valence-corrected chi connectivity index (χ3v) is 3.18. The molecule has 0 saturated heterocycles. The number of rotatable bonds is 7. The zero-order chi connectivity index (χ0) is 16.8. The van der Waals surface area contributed by atoms with Crippen molar-refractivity contribution in [3.63, 3.8) is 0 Å². The molecule has 23 heavy (non-hydrogen) atoms. The minimum Gasteiger partial charge on any atom is -0.493 e. The Bertz CT molecular complexity index is 661. The molecule has 0 aliphatic rings. The van der Waals surface area contributed by atoms with Crippen molar-refractivity contribution in [1.82, 2.24) is 20.6 Å². The van der Waals surface area contributed by atoms with E-state index in [1.165, 1.54) is 21.3 Å². The maximum absolute atomic E-state index is 10.9. The Balaban J connectivity index is 2.51. The van der Waals surface area contributed by atoms with Crippen molar-refractivity contribution in [1.29, 1.82) is 0 Å². The summed E-state index contributed by atoms with van der Waals surface area (Å²) in [6.45, 7) is -0.0826. The van der Waals surface area contributed by atoms with E-state index in [1.807, 2.05) is 0 Å². The Kier molecular flexibility index (Phi) is 5.18. The van der Waals surface area contributed by atoms with Gasteiger partial charge in [0.25, 0.3) is 0 Å². The van der Waals surface area contributed by atoms with Gasteiger partial charge in [0, 0.05) is 5.56 Å². The Morgan fingerprint density at radius 2 is 1.96 bits per heavy atom. The van der Waals surface area contributed by atoms with Gasteiger partial charge in [-0.1, -0.05) is 11.3 Å². The number of benzene rings is 1. The van der Waals surface area contributed by atoms with Crippen LogP contribution in [0.25, 0.3) is 0 Å². The quantitative estimate of drug-likeness (QED) is 0.750. The molecule has 2 rings (SSSR count). The number of hydrogen-bond acceptors (Lipinski definition) is 8. The predicted molar refractivity (Wildman–Crippen MR) is 77.7 cm³/mol. The average molecular weight is 323 g/mol. The van der Waals surface area contributed by atoms with Crippen LogP contribution in [0.1, 0.15) is 17.3 Å². The highest BCUT2D eigenvalue weighted by atomic mass is 16.5. The number of nitrogens with one attached hydrogen (secondary N) is 1. The van der Waals surface area contributed by atoms with E-state index in [0.29, 0.717) is 28.6 Å². The van der Waals surface area contributed by atoms with E-state index in [0.717, 1.165) is 0 Å². The van der Waals surface area contributed by atoms with Gasteiger partial charge < -0.3 is 24.7 Å². The molecule has 1 aromatic carbocycles. The molecule has 2 aromatic rings. The second-order valence-corrected chi connectivity index (χ2v) is 4.38. The Hall–Kier alpha value is -3.04. The van der Waals surface area contributed by atoms with Crippen molar-refractivity contribution < 1.29 is 23.7 Å². The second-order valence-electron chi connectivity index (χ2n) is 4.38. The summed E-state index contributed by atoms with van der Waals surface area (Å²) in [6.07, 6.45) is -0.905. The zero-order valence-electron chi connectivity index (χ0n) is 12.9. The molecule has 1 heterocycles. The van der Waals surface area contributed by atoms with Gasteiger partial charge in [-0.3, -0.25) is 0 Å². The summed E-state index contributed by atoms with van der Waals surface area (Å²) < 4.78 is 20.9. The van der Waals surface area contributed by atoms with E-state index < -0.39 is 12.0 Å². The van der Waals surface area contributed by atoms with Gasteiger partial charge in [0.1, 0.15) is 6.61 Å². The Morgan fingerprint density at radius 1 is 1.22 bits per heavy atom. The summed E-state index contributed by atoms with van der Waals surface area (Å²) in [7, 11) is 4.50. The van der Waals surface area contributed by atoms with Crippen molar-refractivity contribution in [2.75, 3.05) is 27.9 Å². The van der Waals surface area contributed by atoms with E-state index in [2.05, 4.69) is 20.6 Å². The lowest BCUT2D eigenvalue weighted by Crippen LogP contribution is -2.20. The molecule has 0 bridgehead atoms. The van der Waals surface area contributed by atoms with Crippen LogP contribution in [-0.2, 0) is 4.74 Å². The number of nitrogens with two attached hydrogens (primary N) is 1. The van der Waals surface area contributed by atoms with E-state index >= 15 is 0 Å². The number of aromatic nitrogens is 4. The average Bonchev–Trinajstić information content (AvgIpc) is 3.08. The number of tetrazole rings is 1. The van der Waals surface area contributed by atoms with Gasteiger partial charge in [-0.25, -0.2) is 4.79 Å². The maximum Gasteiger partial charge on any atom is 0.404 e. The van der Waals surface area contributed by atoms with E-state index in [-0.39, 0.29) is 6.61 Å². The molecule has 0 fully saturated rings. The molecule has 0 saturated carbocycles. The van der Waals surface area contributed by atoms with Crippen LogP contribution >= 0.6 is 0 Å². The van der Waals surface area contributed by atoms with Crippen LogP contribution in [-0.4, -0.2) is 54.7 Å². The van der Waals surface area contributed by atoms with Crippen molar-refractivity contribution in [2.45, 2.75) is 5.92 Å². The maximum atomic E-state index is 10.9. The summed E-state index contributed by atoms with van der Waals surface area (Å²) >= 11 is 0.